The molecular weight excluding hydrogens is 452 g/mol. The van der Waals surface area contributed by atoms with E-state index in [0.717, 1.165) is 22.2 Å². The van der Waals surface area contributed by atoms with E-state index in [9.17, 15) is 0 Å². The molecule has 0 atom stereocenters. The van der Waals surface area contributed by atoms with Crippen molar-refractivity contribution in [1.82, 2.24) is 40.4 Å². The fourth-order valence-electron chi connectivity index (χ4n) is 3.36. The van der Waals surface area contributed by atoms with Crippen molar-refractivity contribution in [3.8, 4) is 11.4 Å². The Bertz CT molecular complexity index is 1430. The molecule has 0 fully saturated rings. The lowest BCUT2D eigenvalue weighted by Gasteiger charge is -2.15. The van der Waals surface area contributed by atoms with E-state index >= 15 is 0 Å². The Morgan fingerprint density at radius 2 is 1.85 bits per heavy atom. The minimum Gasteiger partial charge on any atom is -0.364 e. The maximum Gasteiger partial charge on any atom is 0.204 e. The van der Waals surface area contributed by atoms with Crippen molar-refractivity contribution in [2.75, 3.05) is 10.6 Å². The average molecular weight is 475 g/mol. The monoisotopic (exact) mass is 474 g/mol. The van der Waals surface area contributed by atoms with E-state index in [4.69, 9.17) is 11.6 Å². The SMILES string of the molecule is CC(C)(C)n1nnc(-c2ccc(CNc3n[nH]c4ncnc(Nc5cccc(Cl)c5)c34)cc2)n1. The van der Waals surface area contributed by atoms with E-state index < -0.39 is 0 Å². The lowest BCUT2D eigenvalue weighted by atomic mass is 10.1. The van der Waals surface area contributed by atoms with Gasteiger partial charge in [0.05, 0.1) is 5.54 Å². The molecule has 0 amide bonds. The Balaban J connectivity index is 1.33. The number of anilines is 3. The highest BCUT2D eigenvalue weighted by atomic mass is 35.5. The van der Waals surface area contributed by atoms with E-state index in [1.807, 2.05) is 69.3 Å². The van der Waals surface area contributed by atoms with Gasteiger partial charge in [-0.05, 0) is 49.7 Å². The molecule has 0 spiro atoms. The van der Waals surface area contributed by atoms with E-state index in [0.29, 0.717) is 34.7 Å². The number of aromatic amines is 1. The summed E-state index contributed by atoms with van der Waals surface area (Å²) in [5.74, 6) is 1.88. The molecule has 0 bridgehead atoms. The lowest BCUT2D eigenvalue weighted by Crippen LogP contribution is -2.24. The molecule has 0 aliphatic carbocycles. The van der Waals surface area contributed by atoms with Crippen LogP contribution in [-0.2, 0) is 12.1 Å². The van der Waals surface area contributed by atoms with E-state index in [1.165, 1.54) is 6.33 Å². The van der Waals surface area contributed by atoms with Crippen molar-refractivity contribution in [2.24, 2.45) is 0 Å². The van der Waals surface area contributed by atoms with Crippen LogP contribution in [0.2, 0.25) is 5.02 Å². The van der Waals surface area contributed by atoms with Crippen LogP contribution in [0.4, 0.5) is 17.3 Å². The predicted molar refractivity (Wildman–Crippen MR) is 132 cm³/mol. The summed E-state index contributed by atoms with van der Waals surface area (Å²) in [6, 6.07) is 15.5. The molecule has 0 aliphatic heterocycles. The van der Waals surface area contributed by atoms with Gasteiger partial charge in [0, 0.05) is 22.8 Å². The minimum atomic E-state index is -0.217. The molecule has 5 aromatic rings. The number of nitrogens with zero attached hydrogens (tertiary/aromatic N) is 7. The quantitative estimate of drug-likeness (QED) is 0.321. The number of rotatable bonds is 6. The number of benzene rings is 2. The third-order valence-corrected chi connectivity index (χ3v) is 5.37. The van der Waals surface area contributed by atoms with Gasteiger partial charge in [-0.3, -0.25) is 5.10 Å². The molecule has 11 heteroatoms. The normalized spacial score (nSPS) is 11.6. The van der Waals surface area contributed by atoms with Gasteiger partial charge in [-0.15, -0.1) is 10.2 Å². The van der Waals surface area contributed by atoms with E-state index in [2.05, 4.69) is 46.2 Å². The first kappa shape index (κ1) is 21.8. The van der Waals surface area contributed by atoms with Crippen LogP contribution >= 0.6 is 11.6 Å². The largest absolute Gasteiger partial charge is 0.364 e. The first-order valence-electron chi connectivity index (χ1n) is 10.7. The van der Waals surface area contributed by atoms with E-state index in [-0.39, 0.29) is 5.54 Å². The molecule has 3 aromatic heterocycles. The summed E-state index contributed by atoms with van der Waals surface area (Å²) in [5, 5.41) is 28.2. The Morgan fingerprint density at radius 3 is 2.59 bits per heavy atom. The maximum atomic E-state index is 6.11. The van der Waals surface area contributed by atoms with Crippen LogP contribution in [0.5, 0.6) is 0 Å². The van der Waals surface area contributed by atoms with Crippen LogP contribution in [-0.4, -0.2) is 40.4 Å². The zero-order chi connectivity index (χ0) is 23.7. The van der Waals surface area contributed by atoms with Crippen LogP contribution in [0.15, 0.2) is 54.9 Å². The van der Waals surface area contributed by atoms with Gasteiger partial charge in [0.1, 0.15) is 17.5 Å². The summed E-state index contributed by atoms with van der Waals surface area (Å²) < 4.78 is 0. The molecule has 34 heavy (non-hydrogen) atoms. The summed E-state index contributed by atoms with van der Waals surface area (Å²) in [6.07, 6.45) is 1.49. The summed E-state index contributed by atoms with van der Waals surface area (Å²) in [5.41, 5.74) is 3.22. The van der Waals surface area contributed by atoms with Crippen molar-refractivity contribution < 1.29 is 0 Å². The third kappa shape index (κ3) is 4.53. The third-order valence-electron chi connectivity index (χ3n) is 5.13. The van der Waals surface area contributed by atoms with Gasteiger partial charge in [-0.25, -0.2) is 9.97 Å². The zero-order valence-corrected chi connectivity index (χ0v) is 19.7. The Hall–Kier alpha value is -4.05. The number of halogens is 1. The molecule has 0 saturated carbocycles. The molecule has 2 aromatic carbocycles. The second-order valence-electron chi connectivity index (χ2n) is 8.78. The summed E-state index contributed by atoms with van der Waals surface area (Å²) in [7, 11) is 0. The van der Waals surface area contributed by atoms with Gasteiger partial charge < -0.3 is 10.6 Å². The van der Waals surface area contributed by atoms with Gasteiger partial charge in [0.15, 0.2) is 11.5 Å². The second kappa shape index (κ2) is 8.71. The number of nitrogens with one attached hydrogen (secondary N) is 3. The molecule has 0 radical (unpaired) electrons. The fourth-order valence-corrected chi connectivity index (χ4v) is 3.55. The van der Waals surface area contributed by atoms with Crippen molar-refractivity contribution in [1.29, 1.82) is 0 Å². The maximum absolute atomic E-state index is 6.11. The number of H-pyrrole nitrogens is 1. The topological polar surface area (TPSA) is 122 Å². The van der Waals surface area contributed by atoms with Crippen molar-refractivity contribution >= 4 is 40.0 Å². The van der Waals surface area contributed by atoms with Gasteiger partial charge in [0.2, 0.25) is 5.82 Å². The number of tetrazole rings is 1. The molecule has 0 aliphatic rings. The Kier molecular flexibility index (Phi) is 5.58. The first-order chi connectivity index (χ1) is 16.4. The fraction of sp³-hybridized carbons (Fsp3) is 0.217. The highest BCUT2D eigenvalue weighted by Gasteiger charge is 2.18. The van der Waals surface area contributed by atoms with Gasteiger partial charge in [-0.1, -0.05) is 41.9 Å². The van der Waals surface area contributed by atoms with Crippen LogP contribution in [0.3, 0.4) is 0 Å². The van der Waals surface area contributed by atoms with Gasteiger partial charge in [0.25, 0.3) is 0 Å². The first-order valence-corrected chi connectivity index (χ1v) is 11.1. The van der Waals surface area contributed by atoms with Crippen LogP contribution in [0.1, 0.15) is 26.3 Å². The highest BCUT2D eigenvalue weighted by Crippen LogP contribution is 2.29. The smallest absolute Gasteiger partial charge is 0.204 e. The van der Waals surface area contributed by atoms with Crippen molar-refractivity contribution in [3.05, 3.63) is 65.4 Å². The summed E-state index contributed by atoms with van der Waals surface area (Å²) in [6.45, 7) is 6.67. The van der Waals surface area contributed by atoms with Gasteiger partial charge >= 0.3 is 0 Å². The molecule has 3 N–H and O–H groups in total. The van der Waals surface area contributed by atoms with Crippen molar-refractivity contribution in [3.63, 3.8) is 0 Å². The summed E-state index contributed by atoms with van der Waals surface area (Å²) in [4.78, 5) is 10.3. The Morgan fingerprint density at radius 1 is 1.03 bits per heavy atom. The highest BCUT2D eigenvalue weighted by molar-refractivity contribution is 6.30. The molecule has 0 unspecified atom stereocenters. The van der Waals surface area contributed by atoms with Crippen LogP contribution in [0.25, 0.3) is 22.4 Å². The number of hydrogen-bond donors (Lipinski definition) is 3. The average Bonchev–Trinajstić information content (AvgIpc) is 3.46. The van der Waals surface area contributed by atoms with E-state index in [1.54, 1.807) is 4.80 Å². The second-order valence-corrected chi connectivity index (χ2v) is 9.21. The number of hydrogen-bond acceptors (Lipinski definition) is 8. The molecule has 5 rings (SSSR count). The van der Waals surface area contributed by atoms with Crippen LogP contribution in [0, 0.1) is 0 Å². The van der Waals surface area contributed by atoms with Crippen molar-refractivity contribution in [2.45, 2.75) is 32.9 Å². The van der Waals surface area contributed by atoms with Crippen LogP contribution < -0.4 is 10.6 Å². The lowest BCUT2D eigenvalue weighted by molar-refractivity contribution is 0.306. The number of fused-ring (bicyclic) bond motifs is 1. The summed E-state index contributed by atoms with van der Waals surface area (Å²) >= 11 is 6.11. The zero-order valence-electron chi connectivity index (χ0n) is 18.9. The van der Waals surface area contributed by atoms with Gasteiger partial charge in [-0.2, -0.15) is 9.90 Å². The molecular formula is C23H23ClN10. The number of aromatic nitrogens is 8. The standard InChI is InChI=1S/C23H23ClN10/c1-23(2,3)34-32-19(31-33-34)15-9-7-14(8-10-15)12-25-21-18-20(26-13-27-22(18)30-29-21)28-17-6-4-5-16(24)11-17/h4-11,13H,12H2,1-3H3,(H3,25,26,27,28,29,30). The minimum absolute atomic E-state index is 0.217. The molecule has 3 heterocycles. The Labute approximate surface area is 200 Å². The molecule has 10 nitrogen and oxygen atoms in total. The molecule has 0 saturated heterocycles. The predicted octanol–water partition coefficient (Wildman–Crippen LogP) is 4.77. The molecule has 172 valence electrons.